The molecular weight excluding hydrogens is 322 g/mol. The molecule has 2 aromatic carbocycles. The van der Waals surface area contributed by atoms with E-state index < -0.39 is 18.2 Å². The van der Waals surface area contributed by atoms with Gasteiger partial charge in [-0.3, -0.25) is 0 Å². The Balaban J connectivity index is 2.21. The largest absolute Gasteiger partial charge is 0.478 e. The van der Waals surface area contributed by atoms with E-state index in [1.807, 2.05) is 37.3 Å². The molecule has 0 aliphatic carbocycles. The molecule has 1 atom stereocenters. The second-order valence-electron chi connectivity index (χ2n) is 5.51. The number of carboxylic acids is 1. The summed E-state index contributed by atoms with van der Waals surface area (Å²) in [6.07, 6.45) is -0.956. The van der Waals surface area contributed by atoms with Crippen LogP contribution in [0.2, 0.25) is 0 Å². The van der Waals surface area contributed by atoms with E-state index >= 15 is 0 Å². The second kappa shape index (κ2) is 8.84. The maximum Gasteiger partial charge on any atom is 0.406 e. The fraction of sp³-hybridized carbons (Fsp3) is 0.263. The number of alkyl carbamates (subject to hydrolysis) is 1. The Hall–Kier alpha value is -2.86. The third kappa shape index (κ3) is 5.32. The molecule has 0 heterocycles. The average Bonchev–Trinajstić information content (AvgIpc) is 2.61. The molecule has 2 rings (SSSR count). The zero-order valence-corrected chi connectivity index (χ0v) is 14.2. The molecule has 0 aromatic heterocycles. The summed E-state index contributed by atoms with van der Waals surface area (Å²) < 4.78 is 10.4. The first kappa shape index (κ1) is 18.5. The van der Waals surface area contributed by atoms with E-state index in [0.717, 1.165) is 16.7 Å². The predicted octanol–water partition coefficient (Wildman–Crippen LogP) is 3.16. The van der Waals surface area contributed by atoms with Crippen LogP contribution >= 0.6 is 0 Å². The van der Waals surface area contributed by atoms with Crippen molar-refractivity contribution in [2.75, 3.05) is 20.3 Å². The van der Waals surface area contributed by atoms with Crippen LogP contribution in [0.5, 0.6) is 0 Å². The van der Waals surface area contributed by atoms with Gasteiger partial charge in [0, 0.05) is 6.54 Å². The van der Waals surface area contributed by atoms with Crippen LogP contribution in [-0.4, -0.2) is 37.4 Å². The SMILES string of the molecule is COC(=O)NCCOC(c1cccc(C)c1)c1cccc(C(=O)O)c1. The average molecular weight is 343 g/mol. The number of nitrogens with one attached hydrogen (secondary N) is 1. The van der Waals surface area contributed by atoms with E-state index in [0.29, 0.717) is 0 Å². The van der Waals surface area contributed by atoms with E-state index in [1.54, 1.807) is 12.1 Å². The lowest BCUT2D eigenvalue weighted by atomic mass is 9.98. The van der Waals surface area contributed by atoms with Crippen molar-refractivity contribution in [2.24, 2.45) is 0 Å². The van der Waals surface area contributed by atoms with Gasteiger partial charge in [0.2, 0.25) is 0 Å². The molecule has 2 N–H and O–H groups in total. The fourth-order valence-electron chi connectivity index (χ4n) is 2.45. The summed E-state index contributed by atoms with van der Waals surface area (Å²) in [6, 6.07) is 14.5. The summed E-state index contributed by atoms with van der Waals surface area (Å²) in [5.41, 5.74) is 2.93. The molecule has 132 valence electrons. The number of carbonyl (C=O) groups is 2. The number of benzene rings is 2. The van der Waals surface area contributed by atoms with E-state index in [2.05, 4.69) is 10.1 Å². The molecule has 0 aliphatic rings. The van der Waals surface area contributed by atoms with Crippen molar-refractivity contribution in [3.63, 3.8) is 0 Å². The summed E-state index contributed by atoms with van der Waals surface area (Å²) in [5.74, 6) is -0.989. The van der Waals surface area contributed by atoms with Gasteiger partial charge in [0.1, 0.15) is 6.10 Å². The summed E-state index contributed by atoms with van der Waals surface area (Å²) in [4.78, 5) is 22.3. The molecule has 0 fully saturated rings. The highest BCUT2D eigenvalue weighted by Crippen LogP contribution is 2.27. The van der Waals surface area contributed by atoms with Gasteiger partial charge >= 0.3 is 12.1 Å². The standard InChI is InChI=1S/C19H21NO5/c1-13-5-3-6-14(11-13)17(25-10-9-20-19(23)24-2)15-7-4-8-16(12-15)18(21)22/h3-8,11-12,17H,9-10H2,1-2H3,(H,20,23)(H,21,22). The van der Waals surface area contributed by atoms with Gasteiger partial charge in [-0.1, -0.05) is 42.0 Å². The molecule has 0 spiro atoms. The van der Waals surface area contributed by atoms with E-state index in [1.165, 1.54) is 13.2 Å². The van der Waals surface area contributed by atoms with Crippen molar-refractivity contribution >= 4 is 12.1 Å². The number of carboxylic acid groups (broad SMARTS) is 1. The summed E-state index contributed by atoms with van der Waals surface area (Å²) in [7, 11) is 1.29. The van der Waals surface area contributed by atoms with Crippen LogP contribution in [0.4, 0.5) is 4.79 Å². The van der Waals surface area contributed by atoms with Crippen LogP contribution < -0.4 is 5.32 Å². The Morgan fingerprint density at radius 1 is 1.12 bits per heavy atom. The van der Waals surface area contributed by atoms with Gasteiger partial charge in [0.25, 0.3) is 0 Å². The van der Waals surface area contributed by atoms with Gasteiger partial charge in [-0.2, -0.15) is 0 Å². The van der Waals surface area contributed by atoms with Gasteiger partial charge in [0.05, 0.1) is 19.3 Å². The van der Waals surface area contributed by atoms with Gasteiger partial charge in [-0.05, 0) is 30.2 Å². The van der Waals surface area contributed by atoms with Crippen molar-refractivity contribution in [2.45, 2.75) is 13.0 Å². The second-order valence-corrected chi connectivity index (χ2v) is 5.51. The van der Waals surface area contributed by atoms with Crippen molar-refractivity contribution in [1.82, 2.24) is 5.32 Å². The van der Waals surface area contributed by atoms with Gasteiger partial charge in [-0.25, -0.2) is 9.59 Å². The number of aryl methyl sites for hydroxylation is 1. The molecule has 6 nitrogen and oxygen atoms in total. The van der Waals surface area contributed by atoms with E-state index in [4.69, 9.17) is 4.74 Å². The molecule has 0 bridgehead atoms. The molecular formula is C19H21NO5. The normalized spacial score (nSPS) is 11.6. The number of hydrogen-bond donors (Lipinski definition) is 2. The number of carbonyl (C=O) groups excluding carboxylic acids is 1. The number of methoxy groups -OCH3 is 1. The first-order chi connectivity index (χ1) is 12.0. The molecule has 25 heavy (non-hydrogen) atoms. The molecule has 0 radical (unpaired) electrons. The van der Waals surface area contributed by atoms with Crippen LogP contribution in [0.3, 0.4) is 0 Å². The van der Waals surface area contributed by atoms with E-state index in [-0.39, 0.29) is 18.7 Å². The number of ether oxygens (including phenoxy) is 2. The Kier molecular flexibility index (Phi) is 6.54. The number of amides is 1. The highest BCUT2D eigenvalue weighted by Gasteiger charge is 2.17. The van der Waals surface area contributed by atoms with Crippen LogP contribution in [0.25, 0.3) is 0 Å². The van der Waals surface area contributed by atoms with Crippen molar-refractivity contribution in [3.05, 3.63) is 70.8 Å². The molecule has 0 saturated carbocycles. The van der Waals surface area contributed by atoms with Crippen LogP contribution in [0.1, 0.15) is 33.2 Å². The molecule has 0 saturated heterocycles. The van der Waals surface area contributed by atoms with Gasteiger partial charge in [-0.15, -0.1) is 0 Å². The summed E-state index contributed by atoms with van der Waals surface area (Å²) in [6.45, 7) is 2.52. The summed E-state index contributed by atoms with van der Waals surface area (Å²) >= 11 is 0. The first-order valence-corrected chi connectivity index (χ1v) is 7.84. The lowest BCUT2D eigenvalue weighted by molar-refractivity contribution is 0.0693. The Labute approximate surface area is 146 Å². The number of hydrogen-bond acceptors (Lipinski definition) is 4. The fourth-order valence-corrected chi connectivity index (χ4v) is 2.45. The number of rotatable bonds is 7. The maximum atomic E-state index is 11.2. The maximum absolute atomic E-state index is 11.2. The monoisotopic (exact) mass is 343 g/mol. The van der Waals surface area contributed by atoms with Crippen molar-refractivity contribution in [3.8, 4) is 0 Å². The van der Waals surface area contributed by atoms with E-state index in [9.17, 15) is 14.7 Å². The molecule has 6 heteroatoms. The first-order valence-electron chi connectivity index (χ1n) is 7.84. The molecule has 1 amide bonds. The molecule has 1 unspecified atom stereocenters. The molecule has 0 aliphatic heterocycles. The lowest BCUT2D eigenvalue weighted by Crippen LogP contribution is -2.27. The minimum atomic E-state index is -0.989. The topological polar surface area (TPSA) is 84.9 Å². The zero-order valence-electron chi connectivity index (χ0n) is 14.2. The quantitative estimate of drug-likeness (QED) is 0.754. The Bertz CT molecular complexity index is 744. The summed E-state index contributed by atoms with van der Waals surface area (Å²) in [5, 5.41) is 11.8. The Morgan fingerprint density at radius 3 is 2.44 bits per heavy atom. The van der Waals surface area contributed by atoms with Crippen LogP contribution in [0, 0.1) is 6.92 Å². The van der Waals surface area contributed by atoms with Crippen molar-refractivity contribution < 1.29 is 24.2 Å². The van der Waals surface area contributed by atoms with Crippen LogP contribution in [-0.2, 0) is 9.47 Å². The van der Waals surface area contributed by atoms with Gasteiger partial charge in [0.15, 0.2) is 0 Å². The minimum absolute atomic E-state index is 0.200. The predicted molar refractivity (Wildman–Crippen MR) is 92.8 cm³/mol. The van der Waals surface area contributed by atoms with Gasteiger partial charge < -0.3 is 19.9 Å². The Morgan fingerprint density at radius 2 is 1.80 bits per heavy atom. The number of aromatic carboxylic acids is 1. The smallest absolute Gasteiger partial charge is 0.406 e. The highest BCUT2D eigenvalue weighted by atomic mass is 16.5. The minimum Gasteiger partial charge on any atom is -0.478 e. The third-order valence-corrected chi connectivity index (χ3v) is 3.62. The lowest BCUT2D eigenvalue weighted by Gasteiger charge is -2.20. The zero-order chi connectivity index (χ0) is 18.2. The van der Waals surface area contributed by atoms with Crippen molar-refractivity contribution in [1.29, 1.82) is 0 Å². The molecule has 2 aromatic rings. The van der Waals surface area contributed by atoms with Crippen LogP contribution in [0.15, 0.2) is 48.5 Å². The highest BCUT2D eigenvalue weighted by molar-refractivity contribution is 5.87. The third-order valence-electron chi connectivity index (χ3n) is 3.62.